The Morgan fingerprint density at radius 3 is 2.75 bits per heavy atom. The standard InChI is InChI=1S/C10H17N3O6S/c1-10(17,7-14)6-12-20(18,19)8-4-11-13(5-8)3-2-9(15)16/h4-5,12,14,17H,2-3,6-7H2,1H3,(H,15,16). The fourth-order valence-electron chi connectivity index (χ4n) is 1.21. The number of rotatable bonds is 8. The van der Waals surface area contributed by atoms with Gasteiger partial charge in [-0.1, -0.05) is 0 Å². The molecule has 1 aromatic rings. The Labute approximate surface area is 115 Å². The zero-order valence-corrected chi connectivity index (χ0v) is 11.7. The molecule has 0 saturated carbocycles. The SMILES string of the molecule is CC(O)(CO)CNS(=O)(=O)c1cnn(CCC(=O)O)c1. The number of aliphatic hydroxyl groups excluding tert-OH is 1. The summed E-state index contributed by atoms with van der Waals surface area (Å²) in [5, 5.41) is 30.6. The van der Waals surface area contributed by atoms with Crippen LogP contribution < -0.4 is 4.72 Å². The number of aryl methyl sites for hydroxylation is 1. The summed E-state index contributed by atoms with van der Waals surface area (Å²) >= 11 is 0. The third-order valence-electron chi connectivity index (χ3n) is 2.46. The molecule has 0 aromatic carbocycles. The second-order valence-electron chi connectivity index (χ2n) is 4.56. The van der Waals surface area contributed by atoms with Crippen LogP contribution >= 0.6 is 0 Å². The minimum Gasteiger partial charge on any atom is -0.481 e. The first-order valence-corrected chi connectivity index (χ1v) is 7.22. The highest BCUT2D eigenvalue weighted by Gasteiger charge is 2.24. The molecule has 0 fully saturated rings. The van der Waals surface area contributed by atoms with Crippen LogP contribution in [-0.2, 0) is 21.4 Å². The molecule has 10 heteroatoms. The Morgan fingerprint density at radius 1 is 1.55 bits per heavy atom. The van der Waals surface area contributed by atoms with Crippen LogP contribution in [0.25, 0.3) is 0 Å². The lowest BCUT2D eigenvalue weighted by molar-refractivity contribution is -0.137. The van der Waals surface area contributed by atoms with Gasteiger partial charge in [-0.05, 0) is 6.92 Å². The summed E-state index contributed by atoms with van der Waals surface area (Å²) in [4.78, 5) is 10.3. The van der Waals surface area contributed by atoms with Gasteiger partial charge in [0.25, 0.3) is 0 Å². The second kappa shape index (κ2) is 6.31. The first-order chi connectivity index (χ1) is 9.16. The molecule has 1 heterocycles. The predicted octanol–water partition coefficient (Wildman–Crippen LogP) is -1.62. The van der Waals surface area contributed by atoms with Crippen LogP contribution in [0.5, 0.6) is 0 Å². The van der Waals surface area contributed by atoms with Crippen molar-refractivity contribution in [2.75, 3.05) is 13.2 Å². The smallest absolute Gasteiger partial charge is 0.305 e. The third kappa shape index (κ3) is 4.89. The van der Waals surface area contributed by atoms with Crippen LogP contribution in [0.15, 0.2) is 17.3 Å². The zero-order valence-electron chi connectivity index (χ0n) is 10.9. The molecule has 1 rings (SSSR count). The number of aliphatic hydroxyl groups is 2. The molecule has 4 N–H and O–H groups in total. The Bertz CT molecular complexity index is 565. The summed E-state index contributed by atoms with van der Waals surface area (Å²) in [6.07, 6.45) is 2.10. The number of nitrogens with zero attached hydrogens (tertiary/aromatic N) is 2. The number of aromatic nitrogens is 2. The molecule has 114 valence electrons. The normalized spacial score (nSPS) is 14.9. The first kappa shape index (κ1) is 16.6. The molecular weight excluding hydrogens is 290 g/mol. The van der Waals surface area contributed by atoms with Gasteiger partial charge in [-0.25, -0.2) is 13.1 Å². The van der Waals surface area contributed by atoms with Crippen molar-refractivity contribution in [3.63, 3.8) is 0 Å². The largest absolute Gasteiger partial charge is 0.481 e. The van der Waals surface area contributed by atoms with E-state index in [1.165, 1.54) is 17.8 Å². The van der Waals surface area contributed by atoms with Gasteiger partial charge in [0, 0.05) is 12.7 Å². The van der Waals surface area contributed by atoms with E-state index in [0.29, 0.717) is 0 Å². The maximum absolute atomic E-state index is 11.9. The summed E-state index contributed by atoms with van der Waals surface area (Å²) in [6, 6.07) is 0. The van der Waals surface area contributed by atoms with Gasteiger partial charge in [-0.2, -0.15) is 5.10 Å². The van der Waals surface area contributed by atoms with Crippen LogP contribution in [0.4, 0.5) is 0 Å². The van der Waals surface area contributed by atoms with Gasteiger partial charge in [0.15, 0.2) is 0 Å². The number of sulfonamides is 1. The molecule has 0 aliphatic rings. The van der Waals surface area contributed by atoms with Crippen molar-refractivity contribution < 1.29 is 28.5 Å². The van der Waals surface area contributed by atoms with E-state index in [4.69, 9.17) is 10.2 Å². The summed E-state index contributed by atoms with van der Waals surface area (Å²) in [7, 11) is -3.87. The maximum Gasteiger partial charge on any atom is 0.305 e. The minimum atomic E-state index is -3.87. The molecule has 1 unspecified atom stereocenters. The highest BCUT2D eigenvalue weighted by atomic mass is 32.2. The topological polar surface area (TPSA) is 142 Å². The molecule has 1 atom stereocenters. The number of carboxylic acid groups (broad SMARTS) is 1. The summed E-state index contributed by atoms with van der Waals surface area (Å²) in [5.74, 6) is -1.01. The van der Waals surface area contributed by atoms with Crippen molar-refractivity contribution in [3.05, 3.63) is 12.4 Å². The van der Waals surface area contributed by atoms with Gasteiger partial charge >= 0.3 is 5.97 Å². The average molecular weight is 307 g/mol. The lowest BCUT2D eigenvalue weighted by Gasteiger charge is -2.20. The second-order valence-corrected chi connectivity index (χ2v) is 6.33. The van der Waals surface area contributed by atoms with Gasteiger partial charge in [-0.15, -0.1) is 0 Å². The van der Waals surface area contributed by atoms with Crippen LogP contribution in [-0.4, -0.2) is 58.2 Å². The number of nitrogens with one attached hydrogen (secondary N) is 1. The average Bonchev–Trinajstić information content (AvgIpc) is 2.84. The van der Waals surface area contributed by atoms with Gasteiger partial charge < -0.3 is 15.3 Å². The quantitative estimate of drug-likeness (QED) is 0.452. The van der Waals surface area contributed by atoms with E-state index in [1.54, 1.807) is 0 Å². The van der Waals surface area contributed by atoms with E-state index in [0.717, 1.165) is 6.20 Å². The highest BCUT2D eigenvalue weighted by Crippen LogP contribution is 2.09. The van der Waals surface area contributed by atoms with E-state index < -0.39 is 28.2 Å². The third-order valence-corrected chi connectivity index (χ3v) is 3.81. The fourth-order valence-corrected chi connectivity index (χ4v) is 2.32. The lowest BCUT2D eigenvalue weighted by atomic mass is 10.1. The van der Waals surface area contributed by atoms with E-state index in [2.05, 4.69) is 9.82 Å². The molecule has 20 heavy (non-hydrogen) atoms. The Balaban J connectivity index is 2.71. The van der Waals surface area contributed by atoms with E-state index >= 15 is 0 Å². The van der Waals surface area contributed by atoms with Gasteiger partial charge in [0.1, 0.15) is 4.90 Å². The molecule has 0 bridgehead atoms. The summed E-state index contributed by atoms with van der Waals surface area (Å²) in [6.45, 7) is 0.393. The van der Waals surface area contributed by atoms with Gasteiger partial charge in [-0.3, -0.25) is 9.48 Å². The van der Waals surface area contributed by atoms with Crippen molar-refractivity contribution >= 4 is 16.0 Å². The van der Waals surface area contributed by atoms with Crippen LogP contribution in [0.2, 0.25) is 0 Å². The molecule has 9 nitrogen and oxygen atoms in total. The fraction of sp³-hybridized carbons (Fsp3) is 0.600. The minimum absolute atomic E-state index is 0.0548. The Hall–Kier alpha value is -1.49. The molecular formula is C10H17N3O6S. The number of carbonyl (C=O) groups is 1. The van der Waals surface area contributed by atoms with Gasteiger partial charge in [0.2, 0.25) is 10.0 Å². The summed E-state index contributed by atoms with van der Waals surface area (Å²) in [5.41, 5.74) is -1.56. The molecule has 0 amide bonds. The van der Waals surface area contributed by atoms with E-state index in [-0.39, 0.29) is 24.4 Å². The number of carboxylic acids is 1. The van der Waals surface area contributed by atoms with Crippen molar-refractivity contribution in [2.45, 2.75) is 30.4 Å². The maximum atomic E-state index is 11.9. The Kier molecular flexibility index (Phi) is 5.22. The van der Waals surface area contributed by atoms with Crippen molar-refractivity contribution in [1.82, 2.24) is 14.5 Å². The predicted molar refractivity (Wildman–Crippen MR) is 67.4 cm³/mol. The van der Waals surface area contributed by atoms with Crippen molar-refractivity contribution in [3.8, 4) is 0 Å². The molecule has 0 aliphatic carbocycles. The molecule has 0 radical (unpaired) electrons. The van der Waals surface area contributed by atoms with Crippen LogP contribution in [0.1, 0.15) is 13.3 Å². The van der Waals surface area contributed by atoms with Crippen molar-refractivity contribution in [1.29, 1.82) is 0 Å². The molecule has 0 aliphatic heterocycles. The monoisotopic (exact) mass is 307 g/mol. The molecule has 0 spiro atoms. The molecule has 0 saturated heterocycles. The highest BCUT2D eigenvalue weighted by molar-refractivity contribution is 7.89. The number of aliphatic carboxylic acids is 1. The van der Waals surface area contributed by atoms with E-state index in [1.807, 2.05) is 0 Å². The zero-order chi connectivity index (χ0) is 15.4. The van der Waals surface area contributed by atoms with Crippen molar-refractivity contribution in [2.24, 2.45) is 0 Å². The van der Waals surface area contributed by atoms with Gasteiger partial charge in [0.05, 0.1) is 31.4 Å². The van der Waals surface area contributed by atoms with Crippen LogP contribution in [0, 0.1) is 0 Å². The van der Waals surface area contributed by atoms with Crippen LogP contribution in [0.3, 0.4) is 0 Å². The first-order valence-electron chi connectivity index (χ1n) is 5.73. The summed E-state index contributed by atoms with van der Waals surface area (Å²) < 4.78 is 27.1. The lowest BCUT2D eigenvalue weighted by Crippen LogP contribution is -2.43. The number of hydrogen-bond acceptors (Lipinski definition) is 6. The molecule has 1 aromatic heterocycles. The van der Waals surface area contributed by atoms with E-state index in [9.17, 15) is 18.3 Å². The number of hydrogen-bond donors (Lipinski definition) is 4. The Morgan fingerprint density at radius 2 is 2.20 bits per heavy atom.